The monoisotopic (exact) mass is 358 g/mol. The van der Waals surface area contributed by atoms with Crippen molar-refractivity contribution in [2.24, 2.45) is 11.8 Å². The van der Waals surface area contributed by atoms with Crippen LogP contribution < -0.4 is 11.1 Å². The highest BCUT2D eigenvalue weighted by molar-refractivity contribution is 7.09. The molecule has 2 aliphatic heterocycles. The smallest absolute Gasteiger partial charge is 0.297 e. The lowest BCUT2D eigenvalue weighted by atomic mass is 9.85. The molecule has 0 bridgehead atoms. The number of hydrogen-bond acceptors (Lipinski definition) is 5. The molecule has 2 fully saturated rings. The van der Waals surface area contributed by atoms with E-state index in [1.165, 1.54) is 16.0 Å². The Hall–Kier alpha value is -1.73. The van der Waals surface area contributed by atoms with Crippen LogP contribution >= 0.6 is 11.3 Å². The number of aromatic nitrogens is 3. The zero-order chi connectivity index (χ0) is 17.0. The van der Waals surface area contributed by atoms with E-state index >= 15 is 0 Å². The summed E-state index contributed by atoms with van der Waals surface area (Å²) in [5.74, 6) is 2.03. The Bertz CT molecular complexity index is 897. The maximum atomic E-state index is 12.5. The Balaban J connectivity index is 1.41. The highest BCUT2D eigenvalue weighted by Gasteiger charge is 2.42. The molecule has 25 heavy (non-hydrogen) atoms. The molecular weight excluding hydrogens is 336 g/mol. The van der Waals surface area contributed by atoms with E-state index in [0.29, 0.717) is 24.9 Å². The van der Waals surface area contributed by atoms with Crippen molar-refractivity contribution in [3.05, 3.63) is 48.9 Å². The van der Waals surface area contributed by atoms with E-state index in [4.69, 9.17) is 0 Å². The normalized spacial score (nSPS) is 25.8. The van der Waals surface area contributed by atoms with Gasteiger partial charge in [0, 0.05) is 49.4 Å². The van der Waals surface area contributed by atoms with Crippen LogP contribution in [0.3, 0.4) is 0 Å². The zero-order valence-corrected chi connectivity index (χ0v) is 15.0. The Morgan fingerprint density at radius 1 is 1.16 bits per heavy atom. The molecule has 1 aliphatic carbocycles. The minimum atomic E-state index is -0.439. The van der Waals surface area contributed by atoms with E-state index in [2.05, 4.69) is 27.5 Å². The largest absolute Gasteiger partial charge is 0.332 e. The third-order valence-electron chi connectivity index (χ3n) is 6.04. The van der Waals surface area contributed by atoms with Gasteiger partial charge >= 0.3 is 11.1 Å². The molecule has 1 saturated carbocycles. The second-order valence-electron chi connectivity index (χ2n) is 7.70. The number of fused-ring (bicyclic) bond motifs is 3. The van der Waals surface area contributed by atoms with Gasteiger partial charge in [-0.1, -0.05) is 12.5 Å². The topological polar surface area (TPSA) is 60.1 Å². The fraction of sp³-hybridized carbons (Fsp3) is 0.611. The first-order chi connectivity index (χ1) is 12.2. The third kappa shape index (κ3) is 2.60. The summed E-state index contributed by atoms with van der Waals surface area (Å²) in [5.41, 5.74) is -0.811. The van der Waals surface area contributed by atoms with Gasteiger partial charge in [-0.25, -0.2) is 4.68 Å². The van der Waals surface area contributed by atoms with E-state index in [0.717, 1.165) is 38.3 Å². The SMILES string of the molecule is O=c1c(=O)n2c(nn1CC1CCC1)[C@@H]1CN(Cc3cccs3)C[C@@H]1C2. The third-order valence-corrected chi connectivity index (χ3v) is 6.90. The van der Waals surface area contributed by atoms with Gasteiger partial charge < -0.3 is 0 Å². The van der Waals surface area contributed by atoms with Crippen LogP contribution in [-0.4, -0.2) is 32.3 Å². The van der Waals surface area contributed by atoms with E-state index in [-0.39, 0.29) is 11.5 Å². The van der Waals surface area contributed by atoms with Crippen molar-refractivity contribution >= 4 is 11.3 Å². The van der Waals surface area contributed by atoms with E-state index < -0.39 is 5.56 Å². The van der Waals surface area contributed by atoms with Crippen molar-refractivity contribution in [1.29, 1.82) is 0 Å². The summed E-state index contributed by atoms with van der Waals surface area (Å²) in [6.45, 7) is 4.12. The molecule has 4 heterocycles. The van der Waals surface area contributed by atoms with Crippen LogP contribution in [0.1, 0.15) is 35.9 Å². The molecule has 132 valence electrons. The fourth-order valence-electron chi connectivity index (χ4n) is 4.47. The highest BCUT2D eigenvalue weighted by atomic mass is 32.1. The maximum Gasteiger partial charge on any atom is 0.332 e. The molecule has 0 amide bonds. The van der Waals surface area contributed by atoms with Gasteiger partial charge in [-0.3, -0.25) is 19.1 Å². The summed E-state index contributed by atoms with van der Waals surface area (Å²) in [7, 11) is 0. The molecule has 0 unspecified atom stereocenters. The summed E-state index contributed by atoms with van der Waals surface area (Å²) in [6, 6.07) is 4.26. The van der Waals surface area contributed by atoms with E-state index in [1.807, 2.05) is 0 Å². The lowest BCUT2D eigenvalue weighted by Gasteiger charge is -2.25. The molecule has 0 spiro atoms. The molecule has 5 rings (SSSR count). The van der Waals surface area contributed by atoms with Crippen molar-refractivity contribution in [2.75, 3.05) is 13.1 Å². The first-order valence-corrected chi connectivity index (χ1v) is 10.0. The van der Waals surface area contributed by atoms with Crippen LogP contribution in [-0.2, 0) is 19.6 Å². The van der Waals surface area contributed by atoms with Crippen molar-refractivity contribution in [1.82, 2.24) is 19.2 Å². The van der Waals surface area contributed by atoms with Crippen LogP contribution in [0.15, 0.2) is 27.1 Å². The summed E-state index contributed by atoms with van der Waals surface area (Å²) >= 11 is 1.79. The van der Waals surface area contributed by atoms with Gasteiger partial charge in [0.2, 0.25) is 0 Å². The van der Waals surface area contributed by atoms with Crippen molar-refractivity contribution in [3.8, 4) is 0 Å². The van der Waals surface area contributed by atoms with Crippen molar-refractivity contribution in [2.45, 2.75) is 44.8 Å². The van der Waals surface area contributed by atoms with Gasteiger partial charge in [-0.2, -0.15) is 5.10 Å². The number of nitrogens with zero attached hydrogens (tertiary/aromatic N) is 4. The van der Waals surface area contributed by atoms with E-state index in [9.17, 15) is 9.59 Å². The van der Waals surface area contributed by atoms with Crippen LogP contribution in [0.25, 0.3) is 0 Å². The molecule has 6 nitrogen and oxygen atoms in total. The summed E-state index contributed by atoms with van der Waals surface area (Å²) in [4.78, 5) is 28.7. The molecule has 0 radical (unpaired) electrons. The number of thiophene rings is 1. The van der Waals surface area contributed by atoms with Crippen molar-refractivity contribution in [3.63, 3.8) is 0 Å². The lowest BCUT2D eigenvalue weighted by molar-refractivity contribution is 0.256. The molecule has 7 heteroatoms. The summed E-state index contributed by atoms with van der Waals surface area (Å²) in [6.07, 6.45) is 3.52. The first-order valence-electron chi connectivity index (χ1n) is 9.15. The maximum absolute atomic E-state index is 12.5. The van der Waals surface area contributed by atoms with Gasteiger partial charge in [0.25, 0.3) is 0 Å². The Morgan fingerprint density at radius 3 is 2.76 bits per heavy atom. The van der Waals surface area contributed by atoms with Crippen LogP contribution in [0.2, 0.25) is 0 Å². The number of hydrogen-bond donors (Lipinski definition) is 0. The first kappa shape index (κ1) is 15.5. The van der Waals surface area contributed by atoms with E-state index in [1.54, 1.807) is 15.9 Å². The van der Waals surface area contributed by atoms with Crippen molar-refractivity contribution < 1.29 is 0 Å². The second kappa shape index (κ2) is 5.92. The Kier molecular flexibility index (Phi) is 3.67. The van der Waals surface area contributed by atoms with Crippen LogP contribution in [0.5, 0.6) is 0 Å². The average Bonchev–Trinajstić information content (AvgIpc) is 3.25. The standard InChI is InChI=1S/C18H22N4O2S/c23-17-18(24)22(7-12-3-1-4-12)19-16-15-11-20(8-13(15)9-21(16)17)10-14-5-2-6-25-14/h2,5-6,12-13,15H,1,3-4,7-11H2/t13-,15-/m1/s1. The van der Waals surface area contributed by atoms with Gasteiger partial charge in [-0.05, 0) is 30.2 Å². The Labute approximate surface area is 149 Å². The quantitative estimate of drug-likeness (QED) is 0.777. The summed E-state index contributed by atoms with van der Waals surface area (Å²) in [5, 5.41) is 6.77. The second-order valence-corrected chi connectivity index (χ2v) is 8.73. The molecular formula is C18H22N4O2S. The lowest BCUT2D eigenvalue weighted by Crippen LogP contribution is -2.45. The highest BCUT2D eigenvalue weighted by Crippen LogP contribution is 2.38. The van der Waals surface area contributed by atoms with Gasteiger partial charge in [0.1, 0.15) is 5.82 Å². The summed E-state index contributed by atoms with van der Waals surface area (Å²) < 4.78 is 3.11. The average molecular weight is 358 g/mol. The van der Waals surface area contributed by atoms with Crippen LogP contribution in [0.4, 0.5) is 0 Å². The Morgan fingerprint density at radius 2 is 2.04 bits per heavy atom. The molecule has 2 atom stereocenters. The molecule has 2 aromatic rings. The number of likely N-dealkylation sites (tertiary alicyclic amines) is 1. The number of rotatable bonds is 4. The molecule has 0 aromatic carbocycles. The van der Waals surface area contributed by atoms with Gasteiger partial charge in [-0.15, -0.1) is 11.3 Å². The molecule has 2 aromatic heterocycles. The minimum Gasteiger partial charge on any atom is -0.297 e. The van der Waals surface area contributed by atoms with Crippen LogP contribution in [0, 0.1) is 11.8 Å². The van der Waals surface area contributed by atoms with Gasteiger partial charge in [0.15, 0.2) is 0 Å². The fourth-order valence-corrected chi connectivity index (χ4v) is 5.22. The predicted octanol–water partition coefficient (Wildman–Crippen LogP) is 1.50. The molecule has 3 aliphatic rings. The van der Waals surface area contributed by atoms with Gasteiger partial charge in [0.05, 0.1) is 0 Å². The predicted molar refractivity (Wildman–Crippen MR) is 95.9 cm³/mol. The molecule has 0 N–H and O–H groups in total. The zero-order valence-electron chi connectivity index (χ0n) is 14.1. The molecule has 1 saturated heterocycles. The minimum absolute atomic E-state index is 0.279.